The highest BCUT2D eigenvalue weighted by Gasteiger charge is 2.23. The van der Waals surface area contributed by atoms with Crippen LogP contribution in [0.25, 0.3) is 0 Å². The van der Waals surface area contributed by atoms with Crippen LogP contribution >= 0.6 is 23.2 Å². The van der Waals surface area contributed by atoms with Gasteiger partial charge in [0.05, 0.1) is 0 Å². The Morgan fingerprint density at radius 1 is 1.22 bits per heavy atom. The fourth-order valence-electron chi connectivity index (χ4n) is 2.83. The largest absolute Gasteiger partial charge is 0.271 e. The Morgan fingerprint density at radius 3 is 2.61 bits per heavy atom. The van der Waals surface area contributed by atoms with Crippen LogP contribution in [0.4, 0.5) is 0 Å². The van der Waals surface area contributed by atoms with Gasteiger partial charge in [-0.1, -0.05) is 42.5 Å². The predicted molar refractivity (Wildman–Crippen MR) is 77.9 cm³/mol. The highest BCUT2D eigenvalue weighted by atomic mass is 35.5. The summed E-state index contributed by atoms with van der Waals surface area (Å²) in [5, 5.41) is 1.50. The molecule has 18 heavy (non-hydrogen) atoms. The lowest BCUT2D eigenvalue weighted by Gasteiger charge is -2.30. The minimum absolute atomic E-state index is 0.293. The molecule has 1 atom stereocenters. The number of halogens is 2. The van der Waals surface area contributed by atoms with Crippen LogP contribution in [-0.2, 0) is 6.42 Å². The van der Waals surface area contributed by atoms with Crippen molar-refractivity contribution in [2.24, 2.45) is 11.8 Å². The second-order valence-electron chi connectivity index (χ2n) is 5.11. The maximum Gasteiger partial charge on any atom is 0.0439 e. The van der Waals surface area contributed by atoms with Crippen molar-refractivity contribution >= 4 is 23.2 Å². The van der Waals surface area contributed by atoms with Crippen LogP contribution in [-0.4, -0.2) is 6.04 Å². The SMILES string of the molecule is NNC(Cc1cc(Cl)ccc1Cl)C1CCCCC1. The zero-order valence-corrected chi connectivity index (χ0v) is 12.0. The molecule has 1 saturated carbocycles. The third kappa shape index (κ3) is 3.61. The van der Waals surface area contributed by atoms with Crippen LogP contribution in [0.3, 0.4) is 0 Å². The van der Waals surface area contributed by atoms with E-state index in [1.807, 2.05) is 18.2 Å². The summed E-state index contributed by atoms with van der Waals surface area (Å²) in [6, 6.07) is 5.91. The van der Waals surface area contributed by atoms with Gasteiger partial charge in [-0.25, -0.2) is 0 Å². The lowest BCUT2D eigenvalue weighted by Crippen LogP contribution is -2.43. The molecule has 1 fully saturated rings. The molecule has 2 rings (SSSR count). The third-order valence-electron chi connectivity index (χ3n) is 3.88. The molecule has 100 valence electrons. The molecule has 0 aromatic heterocycles. The summed E-state index contributed by atoms with van der Waals surface area (Å²) in [6.45, 7) is 0. The van der Waals surface area contributed by atoms with Crippen molar-refractivity contribution in [2.45, 2.75) is 44.6 Å². The highest BCUT2D eigenvalue weighted by Crippen LogP contribution is 2.29. The van der Waals surface area contributed by atoms with Gasteiger partial charge in [0.2, 0.25) is 0 Å². The first kappa shape index (κ1) is 14.1. The van der Waals surface area contributed by atoms with E-state index in [-0.39, 0.29) is 0 Å². The van der Waals surface area contributed by atoms with Gasteiger partial charge in [-0.05, 0) is 48.9 Å². The Morgan fingerprint density at radius 2 is 1.94 bits per heavy atom. The van der Waals surface area contributed by atoms with E-state index in [0.29, 0.717) is 12.0 Å². The molecule has 2 nitrogen and oxygen atoms in total. The van der Waals surface area contributed by atoms with Crippen molar-refractivity contribution in [3.63, 3.8) is 0 Å². The summed E-state index contributed by atoms with van der Waals surface area (Å²) in [7, 11) is 0. The van der Waals surface area contributed by atoms with Gasteiger partial charge in [-0.3, -0.25) is 11.3 Å². The molecule has 3 N–H and O–H groups in total. The fraction of sp³-hybridized carbons (Fsp3) is 0.571. The van der Waals surface area contributed by atoms with E-state index in [1.54, 1.807) is 0 Å². The number of nitrogens with one attached hydrogen (secondary N) is 1. The Bertz CT molecular complexity index is 389. The molecule has 1 aromatic rings. The van der Waals surface area contributed by atoms with Gasteiger partial charge in [0.15, 0.2) is 0 Å². The van der Waals surface area contributed by atoms with Crippen molar-refractivity contribution in [2.75, 3.05) is 0 Å². The van der Waals surface area contributed by atoms with Crippen LogP contribution in [0.2, 0.25) is 10.0 Å². The topological polar surface area (TPSA) is 38.0 Å². The van der Waals surface area contributed by atoms with Crippen LogP contribution in [0, 0.1) is 5.92 Å². The Balaban J connectivity index is 2.06. The van der Waals surface area contributed by atoms with Crippen LogP contribution < -0.4 is 11.3 Å². The van der Waals surface area contributed by atoms with E-state index < -0.39 is 0 Å². The van der Waals surface area contributed by atoms with Gasteiger partial charge >= 0.3 is 0 Å². The molecule has 0 bridgehead atoms. The summed E-state index contributed by atoms with van der Waals surface area (Å²) in [5.41, 5.74) is 4.05. The molecule has 1 aromatic carbocycles. The zero-order chi connectivity index (χ0) is 13.0. The zero-order valence-electron chi connectivity index (χ0n) is 10.5. The molecular formula is C14H20Cl2N2. The minimum Gasteiger partial charge on any atom is -0.271 e. The Labute approximate surface area is 119 Å². The summed E-state index contributed by atoms with van der Waals surface area (Å²) in [5.74, 6) is 6.37. The molecule has 0 spiro atoms. The average Bonchev–Trinajstić information content (AvgIpc) is 2.41. The molecule has 0 saturated heterocycles. The molecular weight excluding hydrogens is 267 g/mol. The number of nitrogens with two attached hydrogens (primary N) is 1. The van der Waals surface area contributed by atoms with Crippen LogP contribution in [0.1, 0.15) is 37.7 Å². The van der Waals surface area contributed by atoms with Crippen molar-refractivity contribution in [3.8, 4) is 0 Å². The molecule has 4 heteroatoms. The number of hydrogen-bond acceptors (Lipinski definition) is 2. The maximum atomic E-state index is 6.21. The van der Waals surface area contributed by atoms with Crippen molar-refractivity contribution < 1.29 is 0 Å². The molecule has 0 aliphatic heterocycles. The van der Waals surface area contributed by atoms with Gasteiger partial charge < -0.3 is 0 Å². The molecule has 0 radical (unpaired) electrons. The smallest absolute Gasteiger partial charge is 0.0439 e. The predicted octanol–water partition coefficient (Wildman–Crippen LogP) is 3.95. The van der Waals surface area contributed by atoms with Gasteiger partial charge in [-0.15, -0.1) is 0 Å². The van der Waals surface area contributed by atoms with Crippen molar-refractivity contribution in [1.29, 1.82) is 0 Å². The Kier molecular flexibility index (Phi) is 5.31. The van der Waals surface area contributed by atoms with Gasteiger partial charge in [0.25, 0.3) is 0 Å². The summed E-state index contributed by atoms with van der Waals surface area (Å²) in [4.78, 5) is 0. The monoisotopic (exact) mass is 286 g/mol. The first-order chi connectivity index (χ1) is 8.70. The fourth-order valence-corrected chi connectivity index (χ4v) is 3.22. The summed E-state index contributed by atoms with van der Waals surface area (Å²) < 4.78 is 0. The Hall–Kier alpha value is -0.280. The lowest BCUT2D eigenvalue weighted by atomic mass is 9.82. The number of hydrogen-bond donors (Lipinski definition) is 2. The third-order valence-corrected chi connectivity index (χ3v) is 4.48. The number of hydrazine groups is 1. The average molecular weight is 287 g/mol. The quantitative estimate of drug-likeness (QED) is 0.650. The van der Waals surface area contributed by atoms with Gasteiger partial charge in [-0.2, -0.15) is 0 Å². The van der Waals surface area contributed by atoms with E-state index in [9.17, 15) is 0 Å². The van der Waals surface area contributed by atoms with Crippen LogP contribution in [0.5, 0.6) is 0 Å². The molecule has 1 unspecified atom stereocenters. The molecule has 1 aliphatic carbocycles. The van der Waals surface area contributed by atoms with Crippen molar-refractivity contribution in [3.05, 3.63) is 33.8 Å². The van der Waals surface area contributed by atoms with Crippen LogP contribution in [0.15, 0.2) is 18.2 Å². The lowest BCUT2D eigenvalue weighted by molar-refractivity contribution is 0.268. The minimum atomic E-state index is 0.293. The normalized spacial score (nSPS) is 18.8. The second kappa shape index (κ2) is 6.76. The van der Waals surface area contributed by atoms with E-state index in [4.69, 9.17) is 29.0 Å². The number of rotatable bonds is 4. The first-order valence-corrected chi connectivity index (χ1v) is 7.36. The van der Waals surface area contributed by atoms with Gasteiger partial charge in [0.1, 0.15) is 0 Å². The summed E-state index contributed by atoms with van der Waals surface area (Å²) >= 11 is 12.2. The molecule has 0 amide bonds. The highest BCUT2D eigenvalue weighted by molar-refractivity contribution is 6.33. The molecule has 1 aliphatic rings. The van der Waals surface area contributed by atoms with Gasteiger partial charge in [0, 0.05) is 16.1 Å². The van der Waals surface area contributed by atoms with E-state index in [1.165, 1.54) is 32.1 Å². The van der Waals surface area contributed by atoms with E-state index >= 15 is 0 Å². The number of benzene rings is 1. The standard InChI is InChI=1S/C14H20Cl2N2/c15-12-6-7-13(16)11(8-12)9-14(18-17)10-4-2-1-3-5-10/h6-8,10,14,18H,1-5,9,17H2. The maximum absolute atomic E-state index is 6.21. The molecule has 0 heterocycles. The first-order valence-electron chi connectivity index (χ1n) is 6.60. The van der Waals surface area contributed by atoms with Crippen molar-refractivity contribution in [1.82, 2.24) is 5.43 Å². The second-order valence-corrected chi connectivity index (χ2v) is 5.95. The van der Waals surface area contributed by atoms with E-state index in [0.717, 1.165) is 22.0 Å². The summed E-state index contributed by atoms with van der Waals surface area (Å²) in [6.07, 6.45) is 7.34. The van der Waals surface area contributed by atoms with E-state index in [2.05, 4.69) is 5.43 Å².